The summed E-state index contributed by atoms with van der Waals surface area (Å²) in [7, 11) is 0. The van der Waals surface area contributed by atoms with Crippen LogP contribution in [0.4, 0.5) is 0 Å². The van der Waals surface area contributed by atoms with Gasteiger partial charge < -0.3 is 14.6 Å². The minimum atomic E-state index is -0.605. The maximum Gasteiger partial charge on any atom is 0.122 e. The highest BCUT2D eigenvalue weighted by atomic mass is 16.5. The van der Waals surface area contributed by atoms with Gasteiger partial charge in [-0.1, -0.05) is 18.2 Å². The van der Waals surface area contributed by atoms with Crippen LogP contribution in [-0.2, 0) is 11.2 Å². The number of aliphatic hydroxyl groups is 1. The summed E-state index contributed by atoms with van der Waals surface area (Å²) in [4.78, 5) is 0. The molecule has 3 nitrogen and oxygen atoms in total. The number of fused-ring (bicyclic) bond motifs is 1. The van der Waals surface area contributed by atoms with Gasteiger partial charge in [-0.25, -0.2) is 0 Å². The third-order valence-corrected chi connectivity index (χ3v) is 4.00. The molecule has 2 aliphatic rings. The number of para-hydroxylation sites is 1. The van der Waals surface area contributed by atoms with E-state index < -0.39 is 5.60 Å². The number of hydrogen-bond acceptors (Lipinski definition) is 3. The Labute approximate surface area is 101 Å². The standard InChI is InChI=1S/C14H18O3/c15-14(5-7-16-8-6-14)12-9-11-3-1-2-4-13(11)17-10-12/h1-4,12,15H,5-10H2. The van der Waals surface area contributed by atoms with Crippen LogP contribution in [0.5, 0.6) is 5.75 Å². The van der Waals surface area contributed by atoms with Crippen LogP contribution >= 0.6 is 0 Å². The summed E-state index contributed by atoms with van der Waals surface area (Å²) in [5.74, 6) is 1.17. The molecule has 17 heavy (non-hydrogen) atoms. The van der Waals surface area contributed by atoms with Gasteiger partial charge in [-0.2, -0.15) is 0 Å². The van der Waals surface area contributed by atoms with E-state index in [1.807, 2.05) is 18.2 Å². The predicted molar refractivity (Wildman–Crippen MR) is 64.1 cm³/mol. The molecule has 0 radical (unpaired) electrons. The second kappa shape index (κ2) is 4.31. The van der Waals surface area contributed by atoms with E-state index in [1.54, 1.807) is 0 Å². The minimum Gasteiger partial charge on any atom is -0.493 e. The fourth-order valence-electron chi connectivity index (χ4n) is 2.81. The first-order chi connectivity index (χ1) is 8.28. The maximum absolute atomic E-state index is 10.7. The fourth-order valence-corrected chi connectivity index (χ4v) is 2.81. The molecule has 0 spiro atoms. The van der Waals surface area contributed by atoms with Crippen molar-refractivity contribution in [1.29, 1.82) is 0 Å². The molecular weight excluding hydrogens is 216 g/mol. The first-order valence-electron chi connectivity index (χ1n) is 6.29. The van der Waals surface area contributed by atoms with E-state index in [0.717, 1.165) is 25.0 Å². The third kappa shape index (κ3) is 2.05. The summed E-state index contributed by atoms with van der Waals surface area (Å²) in [5.41, 5.74) is 0.606. The van der Waals surface area contributed by atoms with Crippen molar-refractivity contribution < 1.29 is 14.6 Å². The molecule has 3 heteroatoms. The van der Waals surface area contributed by atoms with Crippen molar-refractivity contribution in [3.63, 3.8) is 0 Å². The van der Waals surface area contributed by atoms with Crippen molar-refractivity contribution in [3.05, 3.63) is 29.8 Å². The average molecular weight is 234 g/mol. The molecule has 0 aromatic heterocycles. The van der Waals surface area contributed by atoms with Crippen LogP contribution in [0.2, 0.25) is 0 Å². The van der Waals surface area contributed by atoms with Crippen molar-refractivity contribution in [1.82, 2.24) is 0 Å². The Morgan fingerprint density at radius 1 is 1.18 bits per heavy atom. The van der Waals surface area contributed by atoms with E-state index in [4.69, 9.17) is 9.47 Å². The second-order valence-corrected chi connectivity index (χ2v) is 5.04. The van der Waals surface area contributed by atoms with E-state index in [9.17, 15) is 5.11 Å². The van der Waals surface area contributed by atoms with Crippen LogP contribution < -0.4 is 4.74 Å². The molecule has 1 aromatic rings. The highest BCUT2D eigenvalue weighted by molar-refractivity contribution is 5.35. The van der Waals surface area contributed by atoms with E-state index in [0.29, 0.717) is 19.8 Å². The Balaban J connectivity index is 1.79. The van der Waals surface area contributed by atoms with Crippen molar-refractivity contribution in [2.24, 2.45) is 5.92 Å². The van der Waals surface area contributed by atoms with Gasteiger partial charge in [0, 0.05) is 19.1 Å². The predicted octanol–water partition coefficient (Wildman–Crippen LogP) is 1.78. The maximum atomic E-state index is 10.7. The second-order valence-electron chi connectivity index (χ2n) is 5.04. The zero-order chi connectivity index (χ0) is 11.7. The summed E-state index contributed by atoms with van der Waals surface area (Å²) in [6.45, 7) is 1.94. The molecule has 1 saturated heterocycles. The van der Waals surface area contributed by atoms with Crippen LogP contribution in [0.3, 0.4) is 0 Å². The van der Waals surface area contributed by atoms with Gasteiger partial charge in [-0.15, -0.1) is 0 Å². The van der Waals surface area contributed by atoms with Gasteiger partial charge >= 0.3 is 0 Å². The average Bonchev–Trinajstić information content (AvgIpc) is 2.39. The zero-order valence-corrected chi connectivity index (χ0v) is 9.89. The lowest BCUT2D eigenvalue weighted by Crippen LogP contribution is -2.47. The number of benzene rings is 1. The molecule has 1 N–H and O–H groups in total. The van der Waals surface area contributed by atoms with Crippen molar-refractivity contribution in [3.8, 4) is 5.75 Å². The van der Waals surface area contributed by atoms with Crippen LogP contribution in [0, 0.1) is 5.92 Å². The molecule has 0 amide bonds. The summed E-state index contributed by atoms with van der Waals surface area (Å²) in [6.07, 6.45) is 2.36. The highest BCUT2D eigenvalue weighted by Crippen LogP contribution is 2.36. The van der Waals surface area contributed by atoms with Crippen molar-refractivity contribution >= 4 is 0 Å². The lowest BCUT2D eigenvalue weighted by atomic mass is 9.77. The van der Waals surface area contributed by atoms with Crippen LogP contribution in [0.25, 0.3) is 0 Å². The highest BCUT2D eigenvalue weighted by Gasteiger charge is 2.40. The van der Waals surface area contributed by atoms with E-state index in [-0.39, 0.29) is 5.92 Å². The van der Waals surface area contributed by atoms with E-state index in [1.165, 1.54) is 5.56 Å². The van der Waals surface area contributed by atoms with E-state index in [2.05, 4.69) is 6.07 Å². The first kappa shape index (κ1) is 11.1. The molecule has 1 unspecified atom stereocenters. The minimum absolute atomic E-state index is 0.196. The smallest absolute Gasteiger partial charge is 0.122 e. The quantitative estimate of drug-likeness (QED) is 0.805. The monoisotopic (exact) mass is 234 g/mol. The third-order valence-electron chi connectivity index (χ3n) is 4.00. The Morgan fingerprint density at radius 2 is 1.94 bits per heavy atom. The lowest BCUT2D eigenvalue weighted by molar-refractivity contribution is -0.110. The number of rotatable bonds is 1. The molecular formula is C14H18O3. The molecule has 1 fully saturated rings. The Kier molecular flexibility index (Phi) is 2.81. The summed E-state index contributed by atoms with van der Waals surface area (Å²) in [5, 5.41) is 10.7. The largest absolute Gasteiger partial charge is 0.493 e. The summed E-state index contributed by atoms with van der Waals surface area (Å²) in [6, 6.07) is 8.10. The molecule has 2 aliphatic heterocycles. The number of ether oxygens (including phenoxy) is 2. The van der Waals surface area contributed by atoms with Crippen molar-refractivity contribution in [2.75, 3.05) is 19.8 Å². The Bertz CT molecular complexity index is 396. The van der Waals surface area contributed by atoms with Gasteiger partial charge in [0.2, 0.25) is 0 Å². The molecule has 0 saturated carbocycles. The Morgan fingerprint density at radius 3 is 2.76 bits per heavy atom. The summed E-state index contributed by atoms with van der Waals surface area (Å²) < 4.78 is 11.1. The van der Waals surface area contributed by atoms with Gasteiger partial charge in [0.25, 0.3) is 0 Å². The molecule has 3 rings (SSSR count). The molecule has 1 aromatic carbocycles. The molecule has 2 heterocycles. The summed E-state index contributed by atoms with van der Waals surface area (Å²) >= 11 is 0. The normalized spacial score (nSPS) is 27.0. The van der Waals surface area contributed by atoms with Gasteiger partial charge in [0.1, 0.15) is 5.75 Å². The molecule has 1 atom stereocenters. The van der Waals surface area contributed by atoms with E-state index >= 15 is 0 Å². The van der Waals surface area contributed by atoms with Gasteiger partial charge in [-0.3, -0.25) is 0 Å². The first-order valence-corrected chi connectivity index (χ1v) is 6.29. The zero-order valence-electron chi connectivity index (χ0n) is 9.89. The molecule has 0 aliphatic carbocycles. The number of hydrogen-bond donors (Lipinski definition) is 1. The topological polar surface area (TPSA) is 38.7 Å². The van der Waals surface area contributed by atoms with Gasteiger partial charge in [-0.05, 0) is 30.9 Å². The van der Waals surface area contributed by atoms with Crippen molar-refractivity contribution in [2.45, 2.75) is 24.9 Å². The fraction of sp³-hybridized carbons (Fsp3) is 0.571. The molecule has 0 bridgehead atoms. The van der Waals surface area contributed by atoms with Gasteiger partial charge in [0.15, 0.2) is 0 Å². The van der Waals surface area contributed by atoms with Gasteiger partial charge in [0.05, 0.1) is 12.2 Å². The van der Waals surface area contributed by atoms with Crippen LogP contribution in [-0.4, -0.2) is 30.5 Å². The van der Waals surface area contributed by atoms with Crippen LogP contribution in [0.1, 0.15) is 18.4 Å². The Hall–Kier alpha value is -1.06. The lowest BCUT2D eigenvalue weighted by Gasteiger charge is -2.41. The SMILES string of the molecule is OC1(C2COc3ccccc3C2)CCOCC1. The molecule has 92 valence electrons. The van der Waals surface area contributed by atoms with Crippen LogP contribution in [0.15, 0.2) is 24.3 Å².